The first kappa shape index (κ1) is 15.2. The molecule has 1 aromatic heterocycles. The summed E-state index contributed by atoms with van der Waals surface area (Å²) < 4.78 is 5.11. The third kappa shape index (κ3) is 3.82. The molecule has 0 saturated carbocycles. The highest BCUT2D eigenvalue weighted by atomic mass is 16.3. The van der Waals surface area contributed by atoms with Gasteiger partial charge in [-0.25, -0.2) is 0 Å². The number of hydrogen-bond donors (Lipinski definition) is 1. The lowest BCUT2D eigenvalue weighted by atomic mass is 10.2. The SMILES string of the molecule is CCN(CC)C(=O)CN(C)C(=O)c1coc(CN)c1. The number of hydrogen-bond acceptors (Lipinski definition) is 4. The van der Waals surface area contributed by atoms with Gasteiger partial charge in [-0.3, -0.25) is 9.59 Å². The smallest absolute Gasteiger partial charge is 0.257 e. The molecular formula is C13H21N3O3. The van der Waals surface area contributed by atoms with Gasteiger partial charge in [0.2, 0.25) is 5.91 Å². The van der Waals surface area contributed by atoms with Crippen molar-refractivity contribution >= 4 is 11.8 Å². The molecule has 0 aliphatic rings. The molecule has 1 rings (SSSR count). The average molecular weight is 267 g/mol. The molecule has 0 unspecified atom stereocenters. The van der Waals surface area contributed by atoms with E-state index in [1.165, 1.54) is 11.2 Å². The van der Waals surface area contributed by atoms with Crippen LogP contribution in [0.5, 0.6) is 0 Å². The molecule has 2 N–H and O–H groups in total. The van der Waals surface area contributed by atoms with Crippen molar-refractivity contribution in [2.24, 2.45) is 5.73 Å². The second-order valence-corrected chi connectivity index (χ2v) is 4.23. The van der Waals surface area contributed by atoms with E-state index >= 15 is 0 Å². The summed E-state index contributed by atoms with van der Waals surface area (Å²) in [6.45, 7) is 5.40. The van der Waals surface area contributed by atoms with E-state index in [1.54, 1.807) is 18.0 Å². The van der Waals surface area contributed by atoms with Crippen LogP contribution in [0.3, 0.4) is 0 Å². The summed E-state index contributed by atoms with van der Waals surface area (Å²) in [7, 11) is 1.60. The van der Waals surface area contributed by atoms with E-state index in [0.717, 1.165) is 0 Å². The number of carbonyl (C=O) groups excluding carboxylic acids is 2. The van der Waals surface area contributed by atoms with Gasteiger partial charge in [0, 0.05) is 20.1 Å². The summed E-state index contributed by atoms with van der Waals surface area (Å²) in [5.74, 6) is 0.235. The maximum Gasteiger partial charge on any atom is 0.257 e. The first-order valence-electron chi connectivity index (χ1n) is 6.34. The maximum atomic E-state index is 12.1. The fourth-order valence-corrected chi connectivity index (χ4v) is 1.77. The zero-order valence-corrected chi connectivity index (χ0v) is 11.7. The Morgan fingerprint density at radius 1 is 1.32 bits per heavy atom. The lowest BCUT2D eigenvalue weighted by molar-refractivity contribution is -0.131. The van der Waals surface area contributed by atoms with Crippen molar-refractivity contribution in [2.75, 3.05) is 26.7 Å². The standard InChI is InChI=1S/C13H21N3O3/c1-4-16(5-2)12(17)8-15(3)13(18)10-6-11(7-14)19-9-10/h6,9H,4-5,7-8,14H2,1-3H3. The summed E-state index contributed by atoms with van der Waals surface area (Å²) in [4.78, 5) is 27.0. The highest BCUT2D eigenvalue weighted by Crippen LogP contribution is 2.09. The van der Waals surface area contributed by atoms with Crippen molar-refractivity contribution in [3.63, 3.8) is 0 Å². The quantitative estimate of drug-likeness (QED) is 0.822. The summed E-state index contributed by atoms with van der Waals surface area (Å²) >= 11 is 0. The Morgan fingerprint density at radius 3 is 2.42 bits per heavy atom. The topological polar surface area (TPSA) is 79.8 Å². The van der Waals surface area contributed by atoms with Crippen LogP contribution in [0.1, 0.15) is 30.0 Å². The molecule has 106 valence electrons. The number of likely N-dealkylation sites (N-methyl/N-ethyl adjacent to an activating group) is 2. The number of nitrogens with zero attached hydrogens (tertiary/aromatic N) is 2. The van der Waals surface area contributed by atoms with Crippen LogP contribution in [0, 0.1) is 0 Å². The summed E-state index contributed by atoms with van der Waals surface area (Å²) in [6, 6.07) is 1.60. The Hall–Kier alpha value is -1.82. The molecule has 0 bridgehead atoms. The van der Waals surface area contributed by atoms with E-state index in [9.17, 15) is 9.59 Å². The zero-order chi connectivity index (χ0) is 14.4. The molecule has 6 heteroatoms. The summed E-state index contributed by atoms with van der Waals surface area (Å²) in [5, 5.41) is 0. The molecule has 0 atom stereocenters. The maximum absolute atomic E-state index is 12.1. The fraction of sp³-hybridized carbons (Fsp3) is 0.538. The highest BCUT2D eigenvalue weighted by Gasteiger charge is 2.19. The monoisotopic (exact) mass is 267 g/mol. The van der Waals surface area contributed by atoms with E-state index in [-0.39, 0.29) is 24.9 Å². The Kier molecular flexibility index (Phi) is 5.57. The number of amides is 2. The minimum absolute atomic E-state index is 0.0592. The predicted octanol–water partition coefficient (Wildman–Crippen LogP) is 0.679. The van der Waals surface area contributed by atoms with Gasteiger partial charge in [-0.15, -0.1) is 0 Å². The molecule has 0 aliphatic heterocycles. The van der Waals surface area contributed by atoms with E-state index in [2.05, 4.69) is 0 Å². The van der Waals surface area contributed by atoms with Crippen molar-refractivity contribution in [1.82, 2.24) is 9.80 Å². The molecule has 0 aromatic carbocycles. The first-order valence-corrected chi connectivity index (χ1v) is 6.34. The van der Waals surface area contributed by atoms with Gasteiger partial charge in [0.05, 0.1) is 18.7 Å². The Morgan fingerprint density at radius 2 is 1.95 bits per heavy atom. The largest absolute Gasteiger partial charge is 0.467 e. The van der Waals surface area contributed by atoms with E-state index in [4.69, 9.17) is 10.2 Å². The normalized spacial score (nSPS) is 10.3. The Bertz CT molecular complexity index is 438. The van der Waals surface area contributed by atoms with Crippen LogP contribution < -0.4 is 5.73 Å². The van der Waals surface area contributed by atoms with Gasteiger partial charge in [0.15, 0.2) is 0 Å². The summed E-state index contributed by atoms with van der Waals surface area (Å²) in [6.07, 6.45) is 1.36. The van der Waals surface area contributed by atoms with Gasteiger partial charge in [-0.05, 0) is 19.9 Å². The third-order valence-electron chi connectivity index (χ3n) is 2.94. The van der Waals surface area contributed by atoms with Crippen LogP contribution in [0.15, 0.2) is 16.7 Å². The number of carbonyl (C=O) groups is 2. The molecule has 0 saturated heterocycles. The molecule has 0 spiro atoms. The molecule has 1 heterocycles. The van der Waals surface area contributed by atoms with Crippen molar-refractivity contribution in [3.8, 4) is 0 Å². The van der Waals surface area contributed by atoms with Gasteiger partial charge in [-0.1, -0.05) is 0 Å². The molecular weight excluding hydrogens is 246 g/mol. The van der Waals surface area contributed by atoms with E-state index in [0.29, 0.717) is 24.4 Å². The highest BCUT2D eigenvalue weighted by molar-refractivity contribution is 5.96. The van der Waals surface area contributed by atoms with Gasteiger partial charge in [0.25, 0.3) is 5.91 Å². The lowest BCUT2D eigenvalue weighted by Gasteiger charge is -2.22. The van der Waals surface area contributed by atoms with Crippen LogP contribution >= 0.6 is 0 Å². The minimum atomic E-state index is -0.246. The van der Waals surface area contributed by atoms with Crippen LogP contribution in [0.25, 0.3) is 0 Å². The average Bonchev–Trinajstić information content (AvgIpc) is 2.87. The lowest BCUT2D eigenvalue weighted by Crippen LogP contribution is -2.40. The molecule has 6 nitrogen and oxygen atoms in total. The van der Waals surface area contributed by atoms with Gasteiger partial charge < -0.3 is 20.0 Å². The van der Waals surface area contributed by atoms with Crippen LogP contribution in [0.2, 0.25) is 0 Å². The van der Waals surface area contributed by atoms with E-state index in [1.807, 2.05) is 13.8 Å². The molecule has 19 heavy (non-hydrogen) atoms. The second kappa shape index (κ2) is 6.94. The molecule has 0 radical (unpaired) electrons. The van der Waals surface area contributed by atoms with Crippen molar-refractivity contribution in [3.05, 3.63) is 23.7 Å². The Labute approximate surface area is 113 Å². The molecule has 2 amide bonds. The molecule has 0 fully saturated rings. The second-order valence-electron chi connectivity index (χ2n) is 4.23. The number of furan rings is 1. The summed E-state index contributed by atoms with van der Waals surface area (Å²) in [5.41, 5.74) is 5.83. The van der Waals surface area contributed by atoms with Crippen LogP contribution in [-0.2, 0) is 11.3 Å². The fourth-order valence-electron chi connectivity index (χ4n) is 1.77. The van der Waals surface area contributed by atoms with Crippen molar-refractivity contribution in [2.45, 2.75) is 20.4 Å². The molecule has 0 aliphatic carbocycles. The van der Waals surface area contributed by atoms with Crippen molar-refractivity contribution in [1.29, 1.82) is 0 Å². The predicted molar refractivity (Wildman–Crippen MR) is 71.5 cm³/mol. The van der Waals surface area contributed by atoms with E-state index < -0.39 is 0 Å². The van der Waals surface area contributed by atoms with Gasteiger partial charge in [-0.2, -0.15) is 0 Å². The van der Waals surface area contributed by atoms with Crippen LogP contribution in [0.4, 0.5) is 0 Å². The number of nitrogens with two attached hydrogens (primary N) is 1. The Balaban J connectivity index is 2.64. The van der Waals surface area contributed by atoms with Crippen LogP contribution in [-0.4, -0.2) is 48.3 Å². The van der Waals surface area contributed by atoms with Crippen molar-refractivity contribution < 1.29 is 14.0 Å². The van der Waals surface area contributed by atoms with Gasteiger partial charge in [0.1, 0.15) is 12.0 Å². The minimum Gasteiger partial charge on any atom is -0.467 e. The zero-order valence-electron chi connectivity index (χ0n) is 11.7. The first-order chi connectivity index (χ1) is 9.03. The molecule has 1 aromatic rings. The third-order valence-corrected chi connectivity index (χ3v) is 2.94. The van der Waals surface area contributed by atoms with Gasteiger partial charge >= 0.3 is 0 Å². The number of rotatable bonds is 6.